The number of aliphatic hydroxyl groups is 1. The van der Waals surface area contributed by atoms with Crippen LogP contribution in [0.15, 0.2) is 34.9 Å². The minimum atomic E-state index is -0.251. The number of hydrogen-bond donors (Lipinski definition) is 2. The van der Waals surface area contributed by atoms with Gasteiger partial charge in [0.15, 0.2) is 0 Å². The minimum absolute atomic E-state index is 0.212. The van der Waals surface area contributed by atoms with Gasteiger partial charge in [0.05, 0.1) is 6.10 Å². The van der Waals surface area contributed by atoms with Crippen molar-refractivity contribution in [2.75, 3.05) is 6.54 Å². The third-order valence-corrected chi connectivity index (χ3v) is 5.09. The second kappa shape index (κ2) is 3.33. The topological polar surface area (TPSA) is 32.3 Å². The molecule has 1 fully saturated rings. The van der Waals surface area contributed by atoms with E-state index in [0.717, 1.165) is 13.0 Å². The van der Waals surface area contributed by atoms with Crippen molar-refractivity contribution in [3.63, 3.8) is 0 Å². The molecule has 1 aliphatic heterocycles. The van der Waals surface area contributed by atoms with Crippen LogP contribution in [0.1, 0.15) is 32.1 Å². The number of fused-ring (bicyclic) bond motifs is 1. The molecule has 0 amide bonds. The van der Waals surface area contributed by atoms with Gasteiger partial charge in [-0.2, -0.15) is 0 Å². The van der Waals surface area contributed by atoms with Gasteiger partial charge >= 0.3 is 0 Å². The maximum Gasteiger partial charge on any atom is 0.0730 e. The van der Waals surface area contributed by atoms with Crippen molar-refractivity contribution in [1.29, 1.82) is 0 Å². The molecule has 0 aromatic heterocycles. The molecule has 3 atom stereocenters. The zero-order chi connectivity index (χ0) is 11.5. The van der Waals surface area contributed by atoms with Gasteiger partial charge in [0.2, 0.25) is 0 Å². The lowest BCUT2D eigenvalue weighted by atomic mass is 9.62. The van der Waals surface area contributed by atoms with Gasteiger partial charge in [0, 0.05) is 18.0 Å². The van der Waals surface area contributed by atoms with Crippen molar-refractivity contribution >= 4 is 0 Å². The standard InChI is InChI=1S/C15H19NO/c17-12-5-4-10-7-11-9-16-15(14(10)8-12)6-2-1-3-13(11)15/h4-5,7,12,14,16-17H,1-3,6,8-9H2. The maximum atomic E-state index is 9.90. The van der Waals surface area contributed by atoms with E-state index in [1.807, 2.05) is 6.08 Å². The Hall–Kier alpha value is -0.860. The van der Waals surface area contributed by atoms with Gasteiger partial charge < -0.3 is 10.4 Å². The zero-order valence-electron chi connectivity index (χ0n) is 10.1. The first-order chi connectivity index (χ1) is 8.29. The highest BCUT2D eigenvalue weighted by molar-refractivity contribution is 5.53. The smallest absolute Gasteiger partial charge is 0.0730 e. The van der Waals surface area contributed by atoms with Crippen LogP contribution in [0.4, 0.5) is 0 Å². The number of hydrogen-bond acceptors (Lipinski definition) is 2. The zero-order valence-corrected chi connectivity index (χ0v) is 10.1. The maximum absolute atomic E-state index is 9.90. The lowest BCUT2D eigenvalue weighted by molar-refractivity contribution is 0.147. The van der Waals surface area contributed by atoms with Crippen LogP contribution in [0.3, 0.4) is 0 Å². The van der Waals surface area contributed by atoms with Crippen LogP contribution >= 0.6 is 0 Å². The monoisotopic (exact) mass is 229 g/mol. The van der Waals surface area contributed by atoms with E-state index in [4.69, 9.17) is 0 Å². The van der Waals surface area contributed by atoms with Crippen LogP contribution in [-0.2, 0) is 0 Å². The fraction of sp³-hybridized carbons (Fsp3) is 0.600. The molecule has 17 heavy (non-hydrogen) atoms. The second-order valence-electron chi connectivity index (χ2n) is 5.89. The van der Waals surface area contributed by atoms with E-state index in [0.29, 0.717) is 5.92 Å². The summed E-state index contributed by atoms with van der Waals surface area (Å²) >= 11 is 0. The normalized spacial score (nSPS) is 43.2. The van der Waals surface area contributed by atoms with Gasteiger partial charge in [-0.25, -0.2) is 0 Å². The Balaban J connectivity index is 1.86. The summed E-state index contributed by atoms with van der Waals surface area (Å²) in [5.74, 6) is 0.504. The molecule has 3 unspecified atom stereocenters. The molecule has 0 aromatic rings. The summed E-state index contributed by atoms with van der Waals surface area (Å²) in [7, 11) is 0. The van der Waals surface area contributed by atoms with Crippen molar-refractivity contribution in [3.8, 4) is 0 Å². The molecule has 0 aromatic carbocycles. The Morgan fingerprint density at radius 2 is 2.29 bits per heavy atom. The van der Waals surface area contributed by atoms with Crippen LogP contribution in [-0.4, -0.2) is 23.3 Å². The molecule has 0 saturated heterocycles. The Morgan fingerprint density at radius 3 is 3.24 bits per heavy atom. The highest BCUT2D eigenvalue weighted by atomic mass is 16.3. The summed E-state index contributed by atoms with van der Waals surface area (Å²) < 4.78 is 0. The lowest BCUT2D eigenvalue weighted by Crippen LogP contribution is -2.52. The molecule has 1 heterocycles. The van der Waals surface area contributed by atoms with Gasteiger partial charge in [-0.3, -0.25) is 0 Å². The van der Waals surface area contributed by atoms with Gasteiger partial charge in [-0.1, -0.05) is 24.6 Å². The van der Waals surface area contributed by atoms with E-state index in [2.05, 4.69) is 17.5 Å². The number of allylic oxidation sites excluding steroid dienone is 1. The van der Waals surface area contributed by atoms with Gasteiger partial charge in [-0.15, -0.1) is 0 Å². The number of nitrogens with one attached hydrogen (secondary N) is 1. The summed E-state index contributed by atoms with van der Waals surface area (Å²) in [5, 5.41) is 13.7. The Bertz CT molecular complexity index is 460. The van der Waals surface area contributed by atoms with Crippen molar-refractivity contribution in [1.82, 2.24) is 5.32 Å². The summed E-state index contributed by atoms with van der Waals surface area (Å²) in [5.41, 5.74) is 4.86. The average molecular weight is 229 g/mol. The van der Waals surface area contributed by atoms with Crippen LogP contribution in [0.5, 0.6) is 0 Å². The van der Waals surface area contributed by atoms with Crippen molar-refractivity contribution < 1.29 is 5.11 Å². The predicted octanol–water partition coefficient (Wildman–Crippen LogP) is 2.08. The molecular formula is C15H19NO. The lowest BCUT2D eigenvalue weighted by Gasteiger charge is -2.47. The van der Waals surface area contributed by atoms with E-state index < -0.39 is 0 Å². The van der Waals surface area contributed by atoms with Gasteiger partial charge in [0.1, 0.15) is 0 Å². The third-order valence-electron chi connectivity index (χ3n) is 5.09. The summed E-state index contributed by atoms with van der Waals surface area (Å²) in [6.45, 7) is 1.04. The first kappa shape index (κ1) is 10.1. The molecular weight excluding hydrogens is 210 g/mol. The number of aliphatic hydroxyl groups excluding tert-OH is 1. The molecule has 4 aliphatic rings. The van der Waals surface area contributed by atoms with E-state index >= 15 is 0 Å². The predicted molar refractivity (Wildman–Crippen MR) is 67.6 cm³/mol. The molecule has 2 nitrogen and oxygen atoms in total. The first-order valence-corrected chi connectivity index (χ1v) is 6.85. The van der Waals surface area contributed by atoms with E-state index in [-0.39, 0.29) is 11.6 Å². The van der Waals surface area contributed by atoms with E-state index in [1.54, 1.807) is 5.57 Å². The van der Waals surface area contributed by atoms with Gasteiger partial charge in [-0.05, 0) is 42.4 Å². The van der Waals surface area contributed by atoms with Crippen molar-refractivity contribution in [2.24, 2.45) is 5.92 Å². The summed E-state index contributed by atoms with van der Waals surface area (Å²) in [4.78, 5) is 0. The van der Waals surface area contributed by atoms with Gasteiger partial charge in [0.25, 0.3) is 0 Å². The third kappa shape index (κ3) is 1.23. The second-order valence-corrected chi connectivity index (χ2v) is 5.89. The minimum Gasteiger partial charge on any atom is -0.389 e. The Labute approximate surface area is 102 Å². The quantitative estimate of drug-likeness (QED) is 0.666. The first-order valence-electron chi connectivity index (χ1n) is 6.85. The molecule has 3 aliphatic carbocycles. The average Bonchev–Trinajstić information content (AvgIpc) is 2.65. The van der Waals surface area contributed by atoms with Crippen molar-refractivity contribution in [2.45, 2.75) is 43.7 Å². The Kier molecular flexibility index (Phi) is 1.98. The molecule has 2 heteroatoms. The highest BCUT2D eigenvalue weighted by Crippen LogP contribution is 2.52. The molecule has 90 valence electrons. The molecule has 2 N–H and O–H groups in total. The van der Waals surface area contributed by atoms with Crippen LogP contribution in [0.25, 0.3) is 0 Å². The molecule has 1 saturated carbocycles. The SMILES string of the molecule is OC1C=CC2=CC3=C4CCCCC4(NC3)C2C1. The molecule has 2 bridgehead atoms. The fourth-order valence-electron chi connectivity index (χ4n) is 4.36. The van der Waals surface area contributed by atoms with Crippen LogP contribution < -0.4 is 5.32 Å². The summed E-state index contributed by atoms with van der Waals surface area (Å²) in [6, 6.07) is 0. The number of rotatable bonds is 0. The van der Waals surface area contributed by atoms with E-state index in [9.17, 15) is 5.11 Å². The molecule has 0 spiro atoms. The molecule has 4 rings (SSSR count). The molecule has 0 radical (unpaired) electrons. The largest absolute Gasteiger partial charge is 0.389 e. The Morgan fingerprint density at radius 1 is 1.35 bits per heavy atom. The fourth-order valence-corrected chi connectivity index (χ4v) is 4.36. The summed E-state index contributed by atoms with van der Waals surface area (Å²) in [6.07, 6.45) is 12.3. The highest BCUT2D eigenvalue weighted by Gasteiger charge is 2.51. The van der Waals surface area contributed by atoms with Crippen molar-refractivity contribution in [3.05, 3.63) is 34.9 Å². The van der Waals surface area contributed by atoms with Crippen LogP contribution in [0, 0.1) is 5.92 Å². The van der Waals surface area contributed by atoms with Crippen LogP contribution in [0.2, 0.25) is 0 Å². The van der Waals surface area contributed by atoms with E-state index in [1.165, 1.54) is 36.8 Å².